The third-order valence-corrected chi connectivity index (χ3v) is 5.95. The number of quaternary nitrogens is 1. The molecule has 0 radical (unpaired) electrons. The molecular formula is C24H28N3O2S+. The molecule has 2 amide bonds. The Hall–Kier alpha value is -2.96. The maximum absolute atomic E-state index is 12.4. The van der Waals surface area contributed by atoms with Gasteiger partial charge in [0, 0.05) is 23.4 Å². The highest BCUT2D eigenvalue weighted by Crippen LogP contribution is 2.14. The number of carbonyl (C=O) groups excluding carboxylic acids is 2. The molecular weight excluding hydrogens is 394 g/mol. The summed E-state index contributed by atoms with van der Waals surface area (Å²) in [6, 6.07) is 18.9. The van der Waals surface area contributed by atoms with Gasteiger partial charge in [-0.1, -0.05) is 30.3 Å². The van der Waals surface area contributed by atoms with Crippen LogP contribution in [-0.2, 0) is 13.1 Å². The minimum Gasteiger partial charge on any atom is -0.348 e. The second-order valence-corrected chi connectivity index (χ2v) is 8.09. The lowest BCUT2D eigenvalue weighted by atomic mass is 10.1. The number of rotatable bonds is 9. The van der Waals surface area contributed by atoms with Crippen molar-refractivity contribution in [2.45, 2.75) is 26.9 Å². The molecule has 3 rings (SSSR count). The molecule has 0 bridgehead atoms. The van der Waals surface area contributed by atoms with Gasteiger partial charge in [0.05, 0.1) is 18.0 Å². The molecule has 0 aliphatic rings. The summed E-state index contributed by atoms with van der Waals surface area (Å²) in [5.74, 6) is -0.281. The summed E-state index contributed by atoms with van der Waals surface area (Å²) < 4.78 is 0. The first-order chi connectivity index (χ1) is 14.6. The van der Waals surface area contributed by atoms with Crippen molar-refractivity contribution in [1.82, 2.24) is 5.32 Å². The van der Waals surface area contributed by atoms with Crippen LogP contribution in [0.4, 0.5) is 5.69 Å². The standard InChI is InChI=1S/C24H27N3O2S/c1-3-27(4-2)17-19-9-7-18(8-10-19)16-25-23(28)20-11-13-21(14-12-20)26-24(29)22-6-5-15-30-22/h5-15H,3-4,16-17H2,1-2H3,(H,25,28)(H,26,29)/p+1. The normalized spacial score (nSPS) is 10.8. The summed E-state index contributed by atoms with van der Waals surface area (Å²) in [4.78, 5) is 26.7. The molecule has 1 heterocycles. The number of hydrogen-bond donors (Lipinski definition) is 3. The third kappa shape index (κ3) is 6.02. The van der Waals surface area contributed by atoms with Gasteiger partial charge in [-0.05, 0) is 55.1 Å². The summed E-state index contributed by atoms with van der Waals surface area (Å²) >= 11 is 1.39. The summed E-state index contributed by atoms with van der Waals surface area (Å²) in [6.07, 6.45) is 0. The molecule has 1 aromatic heterocycles. The number of amides is 2. The van der Waals surface area contributed by atoms with Crippen LogP contribution >= 0.6 is 11.3 Å². The van der Waals surface area contributed by atoms with Crippen LogP contribution in [0.5, 0.6) is 0 Å². The van der Waals surface area contributed by atoms with E-state index in [-0.39, 0.29) is 11.8 Å². The van der Waals surface area contributed by atoms with Crippen LogP contribution in [0.3, 0.4) is 0 Å². The Bertz CT molecular complexity index is 947. The number of hydrogen-bond acceptors (Lipinski definition) is 3. The van der Waals surface area contributed by atoms with Crippen LogP contribution in [0.15, 0.2) is 66.0 Å². The Morgan fingerprint density at radius 3 is 2.13 bits per heavy atom. The molecule has 0 saturated heterocycles. The molecule has 0 saturated carbocycles. The molecule has 2 aromatic carbocycles. The molecule has 0 aliphatic carbocycles. The predicted molar refractivity (Wildman–Crippen MR) is 122 cm³/mol. The van der Waals surface area contributed by atoms with E-state index < -0.39 is 0 Å². The van der Waals surface area contributed by atoms with Crippen LogP contribution in [0.1, 0.15) is 45.0 Å². The summed E-state index contributed by atoms with van der Waals surface area (Å²) in [7, 11) is 0. The fourth-order valence-electron chi connectivity index (χ4n) is 3.15. The molecule has 6 heteroatoms. The number of carbonyl (C=O) groups is 2. The fraction of sp³-hybridized carbons (Fsp3) is 0.250. The predicted octanol–water partition coefficient (Wildman–Crippen LogP) is 3.36. The van der Waals surface area contributed by atoms with Crippen LogP contribution in [-0.4, -0.2) is 24.9 Å². The fourth-order valence-corrected chi connectivity index (χ4v) is 3.77. The minimum atomic E-state index is -0.145. The molecule has 0 atom stereocenters. The van der Waals surface area contributed by atoms with Gasteiger partial charge in [0.25, 0.3) is 11.8 Å². The topological polar surface area (TPSA) is 62.6 Å². The van der Waals surface area contributed by atoms with Gasteiger partial charge < -0.3 is 15.5 Å². The Morgan fingerprint density at radius 1 is 0.867 bits per heavy atom. The zero-order valence-corrected chi connectivity index (χ0v) is 18.2. The van der Waals surface area contributed by atoms with Crippen molar-refractivity contribution >= 4 is 28.8 Å². The summed E-state index contributed by atoms with van der Waals surface area (Å²) in [5, 5.41) is 7.65. The highest BCUT2D eigenvalue weighted by atomic mass is 32.1. The summed E-state index contributed by atoms with van der Waals surface area (Å²) in [6.45, 7) is 8.14. The molecule has 156 valence electrons. The van der Waals surface area contributed by atoms with Crippen molar-refractivity contribution < 1.29 is 14.5 Å². The van der Waals surface area contributed by atoms with Crippen molar-refractivity contribution in [3.05, 3.63) is 87.6 Å². The van der Waals surface area contributed by atoms with Crippen LogP contribution < -0.4 is 15.5 Å². The van der Waals surface area contributed by atoms with E-state index in [0.29, 0.717) is 22.7 Å². The molecule has 0 aliphatic heterocycles. The van der Waals surface area contributed by atoms with Gasteiger partial charge in [0.1, 0.15) is 6.54 Å². The van der Waals surface area contributed by atoms with Crippen molar-refractivity contribution in [2.75, 3.05) is 18.4 Å². The molecule has 0 unspecified atom stereocenters. The van der Waals surface area contributed by atoms with Gasteiger partial charge in [0.15, 0.2) is 0 Å². The van der Waals surface area contributed by atoms with Gasteiger partial charge >= 0.3 is 0 Å². The Morgan fingerprint density at radius 2 is 1.53 bits per heavy atom. The summed E-state index contributed by atoms with van der Waals surface area (Å²) in [5.41, 5.74) is 3.60. The first-order valence-corrected chi connectivity index (χ1v) is 11.1. The van der Waals surface area contributed by atoms with E-state index in [9.17, 15) is 9.59 Å². The van der Waals surface area contributed by atoms with Crippen molar-refractivity contribution in [1.29, 1.82) is 0 Å². The largest absolute Gasteiger partial charge is 0.348 e. The van der Waals surface area contributed by atoms with Crippen molar-refractivity contribution in [2.24, 2.45) is 0 Å². The van der Waals surface area contributed by atoms with E-state index >= 15 is 0 Å². The van der Waals surface area contributed by atoms with Crippen LogP contribution in [0.25, 0.3) is 0 Å². The van der Waals surface area contributed by atoms with Gasteiger partial charge in [-0.15, -0.1) is 11.3 Å². The smallest absolute Gasteiger partial charge is 0.265 e. The zero-order valence-electron chi connectivity index (χ0n) is 17.4. The minimum absolute atomic E-state index is 0.136. The number of thiophene rings is 1. The van der Waals surface area contributed by atoms with E-state index in [0.717, 1.165) is 25.2 Å². The Kier molecular flexibility index (Phi) is 7.76. The first kappa shape index (κ1) is 21.7. The van der Waals surface area contributed by atoms with E-state index in [4.69, 9.17) is 0 Å². The molecule has 3 N–H and O–H groups in total. The average Bonchev–Trinajstić information content (AvgIpc) is 3.32. The van der Waals surface area contributed by atoms with Gasteiger partial charge in [-0.25, -0.2) is 0 Å². The number of anilines is 1. The second kappa shape index (κ2) is 10.7. The number of benzene rings is 2. The SMILES string of the molecule is CC[NH+](CC)Cc1ccc(CNC(=O)c2ccc(NC(=O)c3cccs3)cc2)cc1. The van der Waals surface area contributed by atoms with Gasteiger partial charge in [-0.2, -0.15) is 0 Å². The van der Waals surface area contributed by atoms with Crippen molar-refractivity contribution in [3.8, 4) is 0 Å². The number of nitrogens with one attached hydrogen (secondary N) is 3. The first-order valence-electron chi connectivity index (χ1n) is 10.2. The molecule has 5 nitrogen and oxygen atoms in total. The highest BCUT2D eigenvalue weighted by Gasteiger charge is 2.09. The van der Waals surface area contributed by atoms with E-state index in [1.54, 1.807) is 35.2 Å². The van der Waals surface area contributed by atoms with E-state index in [1.807, 2.05) is 11.4 Å². The van der Waals surface area contributed by atoms with Crippen LogP contribution in [0.2, 0.25) is 0 Å². The van der Waals surface area contributed by atoms with Crippen LogP contribution in [0, 0.1) is 0 Å². The second-order valence-electron chi connectivity index (χ2n) is 7.14. The van der Waals surface area contributed by atoms with Gasteiger partial charge in [-0.3, -0.25) is 9.59 Å². The molecule has 3 aromatic rings. The highest BCUT2D eigenvalue weighted by molar-refractivity contribution is 7.12. The zero-order chi connectivity index (χ0) is 21.3. The molecule has 30 heavy (non-hydrogen) atoms. The third-order valence-electron chi connectivity index (χ3n) is 5.08. The maximum atomic E-state index is 12.4. The lowest BCUT2D eigenvalue weighted by molar-refractivity contribution is -0.910. The monoisotopic (exact) mass is 422 g/mol. The van der Waals surface area contributed by atoms with E-state index in [1.165, 1.54) is 16.9 Å². The average molecular weight is 423 g/mol. The quantitative estimate of drug-likeness (QED) is 0.495. The Labute approximate surface area is 181 Å². The van der Waals surface area contributed by atoms with Crippen molar-refractivity contribution in [3.63, 3.8) is 0 Å². The molecule has 0 fully saturated rings. The maximum Gasteiger partial charge on any atom is 0.265 e. The Balaban J connectivity index is 1.50. The van der Waals surface area contributed by atoms with E-state index in [2.05, 4.69) is 48.7 Å². The molecule has 0 spiro atoms. The van der Waals surface area contributed by atoms with Gasteiger partial charge in [0.2, 0.25) is 0 Å². The lowest BCUT2D eigenvalue weighted by Gasteiger charge is -2.15. The lowest BCUT2D eigenvalue weighted by Crippen LogP contribution is -3.10.